The van der Waals surface area contributed by atoms with E-state index in [0.29, 0.717) is 5.92 Å². The molecular formula is C14H25N5. The highest BCUT2D eigenvalue weighted by molar-refractivity contribution is 5.33. The van der Waals surface area contributed by atoms with Crippen molar-refractivity contribution in [1.82, 2.24) is 20.4 Å². The van der Waals surface area contributed by atoms with Crippen LogP contribution in [0.3, 0.4) is 0 Å². The predicted molar refractivity (Wildman–Crippen MR) is 78.5 cm³/mol. The summed E-state index contributed by atoms with van der Waals surface area (Å²) in [6.07, 6.45) is 3.58. The van der Waals surface area contributed by atoms with Crippen LogP contribution in [0, 0.1) is 0 Å². The van der Waals surface area contributed by atoms with Crippen molar-refractivity contribution >= 4 is 5.82 Å². The van der Waals surface area contributed by atoms with E-state index in [1.165, 1.54) is 19.4 Å². The lowest BCUT2D eigenvalue weighted by atomic mass is 9.95. The average Bonchev–Trinajstić information content (AvgIpc) is 2.44. The molecule has 2 rings (SSSR count). The number of likely N-dealkylation sites (N-methyl/N-ethyl adjacent to an activating group) is 1. The molecule has 0 aromatic carbocycles. The van der Waals surface area contributed by atoms with Gasteiger partial charge in [-0.15, -0.1) is 5.10 Å². The molecule has 2 N–H and O–H groups in total. The SMILES string of the molecule is CNCCCNc1ccc(C2CCCN(C)C2)nn1. The molecule has 5 heteroatoms. The van der Waals surface area contributed by atoms with Gasteiger partial charge in [0.25, 0.3) is 0 Å². The minimum Gasteiger partial charge on any atom is -0.369 e. The summed E-state index contributed by atoms with van der Waals surface area (Å²) in [6, 6.07) is 4.17. The Labute approximate surface area is 115 Å². The molecule has 19 heavy (non-hydrogen) atoms. The molecule has 0 bridgehead atoms. The second-order valence-electron chi connectivity index (χ2n) is 5.33. The molecule has 0 aliphatic carbocycles. The molecule has 1 atom stereocenters. The average molecular weight is 263 g/mol. The van der Waals surface area contributed by atoms with E-state index < -0.39 is 0 Å². The standard InChI is InChI=1S/C14H25N5/c1-15-8-4-9-16-14-7-6-13(17-18-14)12-5-3-10-19(2)11-12/h6-7,12,15H,3-5,8-11H2,1-2H3,(H,16,18). The van der Waals surface area contributed by atoms with Crippen LogP contribution in [0.5, 0.6) is 0 Å². The Balaban J connectivity index is 1.83. The summed E-state index contributed by atoms with van der Waals surface area (Å²) in [7, 11) is 4.15. The molecular weight excluding hydrogens is 238 g/mol. The Hall–Kier alpha value is -1.20. The Morgan fingerprint density at radius 1 is 1.32 bits per heavy atom. The molecule has 1 aromatic heterocycles. The number of piperidine rings is 1. The largest absolute Gasteiger partial charge is 0.369 e. The summed E-state index contributed by atoms with van der Waals surface area (Å²) in [4.78, 5) is 2.37. The quantitative estimate of drug-likeness (QED) is 0.758. The number of hydrogen-bond acceptors (Lipinski definition) is 5. The number of rotatable bonds is 6. The molecule has 1 aromatic rings. The van der Waals surface area contributed by atoms with Crippen LogP contribution >= 0.6 is 0 Å². The van der Waals surface area contributed by atoms with E-state index >= 15 is 0 Å². The van der Waals surface area contributed by atoms with Crippen molar-refractivity contribution in [3.8, 4) is 0 Å². The van der Waals surface area contributed by atoms with E-state index in [4.69, 9.17) is 0 Å². The minimum absolute atomic E-state index is 0.546. The lowest BCUT2D eigenvalue weighted by molar-refractivity contribution is 0.248. The van der Waals surface area contributed by atoms with Gasteiger partial charge in [0.2, 0.25) is 0 Å². The molecule has 0 radical (unpaired) electrons. The maximum Gasteiger partial charge on any atom is 0.148 e. The maximum atomic E-state index is 4.38. The number of aromatic nitrogens is 2. The van der Waals surface area contributed by atoms with Crippen LogP contribution in [0.1, 0.15) is 30.9 Å². The first-order valence-electron chi connectivity index (χ1n) is 7.20. The van der Waals surface area contributed by atoms with E-state index in [-0.39, 0.29) is 0 Å². The van der Waals surface area contributed by atoms with Gasteiger partial charge < -0.3 is 15.5 Å². The smallest absolute Gasteiger partial charge is 0.148 e. The number of nitrogens with zero attached hydrogens (tertiary/aromatic N) is 3. The summed E-state index contributed by atoms with van der Waals surface area (Å²) >= 11 is 0. The third-order valence-electron chi connectivity index (χ3n) is 3.64. The molecule has 2 heterocycles. The minimum atomic E-state index is 0.546. The second-order valence-corrected chi connectivity index (χ2v) is 5.33. The highest BCUT2D eigenvalue weighted by Gasteiger charge is 2.20. The number of nitrogens with one attached hydrogen (secondary N) is 2. The van der Waals surface area contributed by atoms with Crippen molar-refractivity contribution in [3.63, 3.8) is 0 Å². The highest BCUT2D eigenvalue weighted by atomic mass is 15.2. The molecule has 1 aliphatic heterocycles. The Kier molecular flexibility index (Phi) is 5.54. The van der Waals surface area contributed by atoms with Crippen molar-refractivity contribution < 1.29 is 0 Å². The van der Waals surface area contributed by atoms with Gasteiger partial charge in [-0.3, -0.25) is 0 Å². The Morgan fingerprint density at radius 2 is 2.21 bits per heavy atom. The fourth-order valence-electron chi connectivity index (χ4n) is 2.54. The third kappa shape index (κ3) is 4.44. The molecule has 0 amide bonds. The van der Waals surface area contributed by atoms with Gasteiger partial charge in [0.15, 0.2) is 0 Å². The van der Waals surface area contributed by atoms with Crippen molar-refractivity contribution in [2.45, 2.75) is 25.2 Å². The Bertz CT molecular complexity index is 365. The van der Waals surface area contributed by atoms with E-state index in [1.54, 1.807) is 0 Å². The predicted octanol–water partition coefficient (Wildman–Crippen LogP) is 1.31. The summed E-state index contributed by atoms with van der Waals surface area (Å²) in [5.74, 6) is 1.42. The van der Waals surface area contributed by atoms with Gasteiger partial charge in [-0.2, -0.15) is 5.10 Å². The monoisotopic (exact) mass is 263 g/mol. The van der Waals surface area contributed by atoms with Crippen LogP contribution in [0.15, 0.2) is 12.1 Å². The fraction of sp³-hybridized carbons (Fsp3) is 0.714. The summed E-state index contributed by atoms with van der Waals surface area (Å²) in [5.41, 5.74) is 1.13. The van der Waals surface area contributed by atoms with E-state index in [0.717, 1.165) is 37.6 Å². The molecule has 0 spiro atoms. The second kappa shape index (κ2) is 7.40. The van der Waals surface area contributed by atoms with Gasteiger partial charge in [-0.1, -0.05) is 0 Å². The summed E-state index contributed by atoms with van der Waals surface area (Å²) < 4.78 is 0. The van der Waals surface area contributed by atoms with Crippen molar-refractivity contribution in [2.24, 2.45) is 0 Å². The molecule has 1 saturated heterocycles. The zero-order valence-electron chi connectivity index (χ0n) is 12.0. The zero-order valence-corrected chi connectivity index (χ0v) is 12.0. The Morgan fingerprint density at radius 3 is 2.89 bits per heavy atom. The van der Waals surface area contributed by atoms with Crippen molar-refractivity contribution in [2.75, 3.05) is 45.6 Å². The molecule has 1 unspecified atom stereocenters. The fourth-order valence-corrected chi connectivity index (χ4v) is 2.54. The maximum absolute atomic E-state index is 4.38. The van der Waals surface area contributed by atoms with Crippen LogP contribution in [0.2, 0.25) is 0 Å². The van der Waals surface area contributed by atoms with E-state index in [9.17, 15) is 0 Å². The number of likely N-dealkylation sites (tertiary alicyclic amines) is 1. The van der Waals surface area contributed by atoms with E-state index in [1.807, 2.05) is 7.05 Å². The lowest BCUT2D eigenvalue weighted by Gasteiger charge is -2.28. The third-order valence-corrected chi connectivity index (χ3v) is 3.64. The first-order valence-corrected chi connectivity index (χ1v) is 7.20. The van der Waals surface area contributed by atoms with Crippen LogP contribution in [-0.4, -0.2) is 55.4 Å². The molecule has 106 valence electrons. The highest BCUT2D eigenvalue weighted by Crippen LogP contribution is 2.24. The molecule has 5 nitrogen and oxygen atoms in total. The van der Waals surface area contributed by atoms with Crippen LogP contribution in [-0.2, 0) is 0 Å². The zero-order chi connectivity index (χ0) is 13.5. The van der Waals surface area contributed by atoms with E-state index in [2.05, 4.69) is 44.9 Å². The van der Waals surface area contributed by atoms with Gasteiger partial charge in [-0.05, 0) is 58.6 Å². The first kappa shape index (κ1) is 14.2. The van der Waals surface area contributed by atoms with Crippen molar-refractivity contribution in [1.29, 1.82) is 0 Å². The first-order chi connectivity index (χ1) is 9.29. The van der Waals surface area contributed by atoms with Gasteiger partial charge in [-0.25, -0.2) is 0 Å². The van der Waals surface area contributed by atoms with Crippen LogP contribution in [0.4, 0.5) is 5.82 Å². The number of anilines is 1. The van der Waals surface area contributed by atoms with Crippen LogP contribution < -0.4 is 10.6 Å². The summed E-state index contributed by atoms with van der Waals surface area (Å²) in [5, 5.41) is 15.1. The molecule has 1 fully saturated rings. The van der Waals surface area contributed by atoms with Crippen LogP contribution in [0.25, 0.3) is 0 Å². The van der Waals surface area contributed by atoms with Gasteiger partial charge >= 0.3 is 0 Å². The lowest BCUT2D eigenvalue weighted by Crippen LogP contribution is -2.31. The topological polar surface area (TPSA) is 53.1 Å². The van der Waals surface area contributed by atoms with Crippen molar-refractivity contribution in [3.05, 3.63) is 17.8 Å². The number of hydrogen-bond donors (Lipinski definition) is 2. The summed E-state index contributed by atoms with van der Waals surface area (Å²) in [6.45, 7) is 4.26. The molecule has 1 aliphatic rings. The van der Waals surface area contributed by atoms with Gasteiger partial charge in [0, 0.05) is 19.0 Å². The van der Waals surface area contributed by atoms with Gasteiger partial charge in [0.1, 0.15) is 5.82 Å². The van der Waals surface area contributed by atoms with Gasteiger partial charge in [0.05, 0.1) is 5.69 Å². The normalized spacial score (nSPS) is 20.4. The molecule has 0 saturated carbocycles.